The quantitative estimate of drug-likeness (QED) is 0.756. The molecule has 0 saturated heterocycles. The second-order valence-corrected chi connectivity index (χ2v) is 4.22. The van der Waals surface area contributed by atoms with Crippen LogP contribution in [0.4, 0.5) is 0 Å². The van der Waals surface area contributed by atoms with Crippen LogP contribution in [0.1, 0.15) is 31.0 Å². The molecule has 0 radical (unpaired) electrons. The molecular weight excluding hydrogens is 198 g/mol. The lowest BCUT2D eigenvalue weighted by molar-refractivity contribution is -0.00183. The van der Waals surface area contributed by atoms with Crippen LogP contribution < -0.4 is 0 Å². The van der Waals surface area contributed by atoms with E-state index in [1.165, 1.54) is 0 Å². The second-order valence-electron chi connectivity index (χ2n) is 3.37. The highest BCUT2D eigenvalue weighted by molar-refractivity contribution is 7.09. The Bertz CT molecular complexity index is 281. The maximum absolute atomic E-state index is 5.47. The molecule has 0 aliphatic rings. The predicted molar refractivity (Wildman–Crippen MR) is 57.5 cm³/mol. The summed E-state index contributed by atoms with van der Waals surface area (Å²) in [5.74, 6) is 0. The highest BCUT2D eigenvalue weighted by Crippen LogP contribution is 2.30. The first-order chi connectivity index (χ1) is 6.66. The SMILES string of the molecule is CCC(C)(OC)c1nc(COC)cs1. The van der Waals surface area contributed by atoms with Crippen LogP contribution in [0.5, 0.6) is 0 Å². The molecule has 3 nitrogen and oxygen atoms in total. The number of methoxy groups -OCH3 is 2. The number of hydrogen-bond donors (Lipinski definition) is 0. The van der Waals surface area contributed by atoms with E-state index in [0.717, 1.165) is 17.1 Å². The van der Waals surface area contributed by atoms with Gasteiger partial charge in [-0.05, 0) is 13.3 Å². The van der Waals surface area contributed by atoms with Gasteiger partial charge in [0.25, 0.3) is 0 Å². The predicted octanol–water partition coefficient (Wildman–Crippen LogP) is 2.56. The maximum atomic E-state index is 5.47. The van der Waals surface area contributed by atoms with Crippen LogP contribution in [-0.2, 0) is 21.7 Å². The third-order valence-electron chi connectivity index (χ3n) is 2.42. The Labute approximate surface area is 89.1 Å². The zero-order valence-electron chi connectivity index (χ0n) is 9.16. The summed E-state index contributed by atoms with van der Waals surface area (Å²) in [6, 6.07) is 0. The van der Waals surface area contributed by atoms with E-state index in [9.17, 15) is 0 Å². The topological polar surface area (TPSA) is 31.4 Å². The maximum Gasteiger partial charge on any atom is 0.125 e. The average Bonchev–Trinajstić information content (AvgIpc) is 2.66. The molecule has 80 valence electrons. The van der Waals surface area contributed by atoms with Crippen molar-refractivity contribution in [1.82, 2.24) is 4.98 Å². The number of aromatic nitrogens is 1. The normalized spacial score (nSPS) is 15.4. The summed E-state index contributed by atoms with van der Waals surface area (Å²) in [5, 5.41) is 3.04. The Morgan fingerprint density at radius 2 is 2.21 bits per heavy atom. The molecule has 1 aromatic rings. The zero-order chi connectivity index (χ0) is 10.6. The second kappa shape index (κ2) is 4.87. The Kier molecular flexibility index (Phi) is 4.04. The highest BCUT2D eigenvalue weighted by Gasteiger charge is 2.27. The van der Waals surface area contributed by atoms with Crippen molar-refractivity contribution in [2.75, 3.05) is 14.2 Å². The Balaban J connectivity index is 2.84. The lowest BCUT2D eigenvalue weighted by atomic mass is 10.1. The Hall–Kier alpha value is -0.450. The van der Waals surface area contributed by atoms with Gasteiger partial charge >= 0.3 is 0 Å². The molecule has 0 saturated carbocycles. The van der Waals surface area contributed by atoms with Crippen molar-refractivity contribution in [3.05, 3.63) is 16.1 Å². The minimum atomic E-state index is -0.253. The van der Waals surface area contributed by atoms with E-state index in [0.29, 0.717) is 6.61 Å². The molecule has 0 fully saturated rings. The fourth-order valence-electron chi connectivity index (χ4n) is 1.15. The highest BCUT2D eigenvalue weighted by atomic mass is 32.1. The van der Waals surface area contributed by atoms with Crippen LogP contribution in [0.2, 0.25) is 0 Å². The van der Waals surface area contributed by atoms with Crippen LogP contribution >= 0.6 is 11.3 Å². The third kappa shape index (κ3) is 2.32. The molecule has 0 aliphatic carbocycles. The number of thiazole rings is 1. The van der Waals surface area contributed by atoms with Crippen molar-refractivity contribution in [3.63, 3.8) is 0 Å². The van der Waals surface area contributed by atoms with Gasteiger partial charge in [-0.1, -0.05) is 6.92 Å². The summed E-state index contributed by atoms with van der Waals surface area (Å²) in [7, 11) is 3.40. The van der Waals surface area contributed by atoms with E-state index in [1.807, 2.05) is 5.38 Å². The summed E-state index contributed by atoms with van der Waals surface area (Å²) in [5.41, 5.74) is 0.723. The monoisotopic (exact) mass is 215 g/mol. The van der Waals surface area contributed by atoms with Gasteiger partial charge in [0.1, 0.15) is 10.6 Å². The van der Waals surface area contributed by atoms with E-state index in [1.54, 1.807) is 25.6 Å². The van der Waals surface area contributed by atoms with Gasteiger partial charge in [0.05, 0.1) is 12.3 Å². The molecule has 0 spiro atoms. The molecule has 0 amide bonds. The number of hydrogen-bond acceptors (Lipinski definition) is 4. The van der Waals surface area contributed by atoms with Crippen molar-refractivity contribution in [2.45, 2.75) is 32.5 Å². The number of rotatable bonds is 5. The minimum Gasteiger partial charge on any atom is -0.378 e. The van der Waals surface area contributed by atoms with Crippen LogP contribution in [0, 0.1) is 0 Å². The largest absolute Gasteiger partial charge is 0.378 e. The number of ether oxygens (including phenoxy) is 2. The van der Waals surface area contributed by atoms with E-state index >= 15 is 0 Å². The van der Waals surface area contributed by atoms with Crippen molar-refractivity contribution in [2.24, 2.45) is 0 Å². The first kappa shape index (κ1) is 11.6. The van der Waals surface area contributed by atoms with Crippen LogP contribution in [0.15, 0.2) is 5.38 Å². The summed E-state index contributed by atoms with van der Waals surface area (Å²) in [4.78, 5) is 4.48. The first-order valence-corrected chi connectivity index (χ1v) is 5.53. The fraction of sp³-hybridized carbons (Fsp3) is 0.700. The van der Waals surface area contributed by atoms with Gasteiger partial charge in [0, 0.05) is 19.6 Å². The molecule has 14 heavy (non-hydrogen) atoms. The fourth-order valence-corrected chi connectivity index (χ4v) is 2.16. The lowest BCUT2D eigenvalue weighted by Gasteiger charge is -2.23. The van der Waals surface area contributed by atoms with Gasteiger partial charge in [0.15, 0.2) is 0 Å². The lowest BCUT2D eigenvalue weighted by Crippen LogP contribution is -2.22. The summed E-state index contributed by atoms with van der Waals surface area (Å²) >= 11 is 1.63. The molecule has 1 heterocycles. The molecule has 1 rings (SSSR count). The Morgan fingerprint density at radius 1 is 1.50 bits per heavy atom. The summed E-state index contributed by atoms with van der Waals surface area (Å²) in [6.45, 7) is 4.73. The Morgan fingerprint density at radius 3 is 2.71 bits per heavy atom. The van der Waals surface area contributed by atoms with Crippen LogP contribution in [0.3, 0.4) is 0 Å². The summed E-state index contributed by atoms with van der Waals surface area (Å²) < 4.78 is 10.5. The van der Waals surface area contributed by atoms with E-state index < -0.39 is 0 Å². The molecular formula is C10H17NO2S. The molecule has 1 unspecified atom stereocenters. The molecule has 1 atom stereocenters. The van der Waals surface area contributed by atoms with Gasteiger partial charge in [-0.2, -0.15) is 0 Å². The number of nitrogens with zero attached hydrogens (tertiary/aromatic N) is 1. The molecule has 0 aromatic carbocycles. The molecule has 1 aromatic heterocycles. The van der Waals surface area contributed by atoms with Crippen molar-refractivity contribution in [3.8, 4) is 0 Å². The molecule has 0 N–H and O–H groups in total. The van der Waals surface area contributed by atoms with Gasteiger partial charge in [-0.3, -0.25) is 0 Å². The van der Waals surface area contributed by atoms with Crippen LogP contribution in [-0.4, -0.2) is 19.2 Å². The van der Waals surface area contributed by atoms with E-state index in [-0.39, 0.29) is 5.60 Å². The molecule has 0 aliphatic heterocycles. The van der Waals surface area contributed by atoms with Gasteiger partial charge in [-0.25, -0.2) is 4.98 Å². The summed E-state index contributed by atoms with van der Waals surface area (Å²) in [6.07, 6.45) is 0.920. The van der Waals surface area contributed by atoms with Gasteiger partial charge in [-0.15, -0.1) is 11.3 Å². The zero-order valence-corrected chi connectivity index (χ0v) is 9.98. The van der Waals surface area contributed by atoms with Gasteiger partial charge < -0.3 is 9.47 Å². The third-order valence-corrected chi connectivity index (χ3v) is 3.56. The average molecular weight is 215 g/mol. The molecule has 0 bridgehead atoms. The van der Waals surface area contributed by atoms with E-state index in [2.05, 4.69) is 18.8 Å². The molecule has 4 heteroatoms. The van der Waals surface area contributed by atoms with Gasteiger partial charge in [0.2, 0.25) is 0 Å². The first-order valence-electron chi connectivity index (χ1n) is 4.65. The van der Waals surface area contributed by atoms with Crippen molar-refractivity contribution < 1.29 is 9.47 Å². The smallest absolute Gasteiger partial charge is 0.125 e. The van der Waals surface area contributed by atoms with Crippen molar-refractivity contribution in [1.29, 1.82) is 0 Å². The van der Waals surface area contributed by atoms with Crippen molar-refractivity contribution >= 4 is 11.3 Å². The van der Waals surface area contributed by atoms with Crippen LogP contribution in [0.25, 0.3) is 0 Å². The minimum absolute atomic E-state index is 0.253. The standard InChI is InChI=1S/C10H17NO2S/c1-5-10(2,13-4)9-11-8(6-12-3)7-14-9/h7H,5-6H2,1-4H3. The van der Waals surface area contributed by atoms with E-state index in [4.69, 9.17) is 9.47 Å².